The quantitative estimate of drug-likeness (QED) is 0.447. The fraction of sp³-hybridized carbons (Fsp3) is 1.00. The lowest BCUT2D eigenvalue weighted by Crippen LogP contribution is -2.98. The van der Waals surface area contributed by atoms with Gasteiger partial charge >= 0.3 is 0 Å². The Morgan fingerprint density at radius 1 is 1.50 bits per heavy atom. The minimum Gasteiger partial charge on any atom is -0.369 e. The van der Waals surface area contributed by atoms with Crippen LogP contribution in [0.4, 0.5) is 0 Å². The third kappa shape index (κ3) is 1.46. The van der Waals surface area contributed by atoms with Gasteiger partial charge in [0.2, 0.25) is 0 Å². The van der Waals surface area contributed by atoms with Crippen LogP contribution in [0.5, 0.6) is 0 Å². The fourth-order valence-corrected chi connectivity index (χ4v) is 0.927. The molecule has 1 fully saturated rings. The lowest BCUT2D eigenvalue weighted by Gasteiger charge is -2.26. The molecule has 1 heterocycles. The molecule has 1 aliphatic rings. The van der Waals surface area contributed by atoms with E-state index in [2.05, 4.69) is 19.2 Å². The number of quaternary nitrogens is 1. The molecule has 2 nitrogen and oxygen atoms in total. The minimum atomic E-state index is 0.332. The van der Waals surface area contributed by atoms with Gasteiger partial charge in [-0.3, -0.25) is 0 Å². The molecule has 0 bridgehead atoms. The molecule has 0 amide bonds. The summed E-state index contributed by atoms with van der Waals surface area (Å²) in [5.41, 5.74) is 0.332. The van der Waals surface area contributed by atoms with Crippen molar-refractivity contribution in [2.45, 2.75) is 19.4 Å². The molecule has 1 aliphatic heterocycles. The van der Waals surface area contributed by atoms with E-state index in [1.54, 1.807) is 0 Å². The van der Waals surface area contributed by atoms with Gasteiger partial charge in [0.1, 0.15) is 12.1 Å². The number of morpholine rings is 1. The molecular weight excluding hydrogens is 102 g/mol. The monoisotopic (exact) mass is 116 g/mol. The lowest BCUT2D eigenvalue weighted by atomic mass is 10.1. The van der Waals surface area contributed by atoms with Crippen LogP contribution in [0, 0.1) is 0 Å². The van der Waals surface area contributed by atoms with Gasteiger partial charge < -0.3 is 10.1 Å². The molecule has 1 saturated heterocycles. The first-order valence-electron chi connectivity index (χ1n) is 3.13. The predicted octanol–water partition coefficient (Wildman–Crippen LogP) is -0.641. The zero-order chi connectivity index (χ0) is 6.04. The van der Waals surface area contributed by atoms with Crippen molar-refractivity contribution in [3.05, 3.63) is 0 Å². The normalized spacial score (nSPS) is 27.8. The number of hydrogen-bond donors (Lipinski definition) is 1. The van der Waals surface area contributed by atoms with Gasteiger partial charge in [0, 0.05) is 0 Å². The summed E-state index contributed by atoms with van der Waals surface area (Å²) in [4.78, 5) is 0. The summed E-state index contributed by atoms with van der Waals surface area (Å²) in [5, 5.41) is 2.33. The SMILES string of the molecule is CC1(C)COCC[NH2+]1. The average Bonchev–Trinajstić information content (AvgIpc) is 1.65. The highest BCUT2D eigenvalue weighted by molar-refractivity contribution is 4.64. The van der Waals surface area contributed by atoms with Crippen molar-refractivity contribution >= 4 is 0 Å². The van der Waals surface area contributed by atoms with Crippen LogP contribution >= 0.6 is 0 Å². The van der Waals surface area contributed by atoms with E-state index in [4.69, 9.17) is 4.74 Å². The third-order valence-electron chi connectivity index (χ3n) is 1.43. The molecule has 0 aliphatic carbocycles. The molecule has 2 heteroatoms. The number of nitrogens with two attached hydrogens (primary N) is 1. The van der Waals surface area contributed by atoms with Crippen molar-refractivity contribution in [1.82, 2.24) is 0 Å². The van der Waals surface area contributed by atoms with Crippen molar-refractivity contribution in [3.8, 4) is 0 Å². The summed E-state index contributed by atoms with van der Waals surface area (Å²) in [6.07, 6.45) is 0. The van der Waals surface area contributed by atoms with Gasteiger partial charge in [-0.15, -0.1) is 0 Å². The molecule has 0 aromatic rings. The Morgan fingerprint density at radius 3 is 2.50 bits per heavy atom. The van der Waals surface area contributed by atoms with E-state index >= 15 is 0 Å². The Morgan fingerprint density at radius 2 is 2.25 bits per heavy atom. The van der Waals surface area contributed by atoms with E-state index in [0.717, 1.165) is 19.8 Å². The molecule has 0 aromatic heterocycles. The summed E-state index contributed by atoms with van der Waals surface area (Å²) in [6, 6.07) is 0. The number of ether oxygens (including phenoxy) is 1. The van der Waals surface area contributed by atoms with Crippen LogP contribution in [0.25, 0.3) is 0 Å². The van der Waals surface area contributed by atoms with E-state index in [-0.39, 0.29) is 0 Å². The van der Waals surface area contributed by atoms with Crippen LogP contribution in [0.3, 0.4) is 0 Å². The van der Waals surface area contributed by atoms with E-state index < -0.39 is 0 Å². The highest BCUT2D eigenvalue weighted by atomic mass is 16.5. The predicted molar refractivity (Wildman–Crippen MR) is 31.7 cm³/mol. The molecule has 0 spiro atoms. The maximum atomic E-state index is 5.25. The van der Waals surface area contributed by atoms with Crippen LogP contribution in [0.2, 0.25) is 0 Å². The Balaban J connectivity index is 2.33. The van der Waals surface area contributed by atoms with Gasteiger partial charge in [-0.05, 0) is 13.8 Å². The maximum Gasteiger partial charge on any atom is 0.114 e. The van der Waals surface area contributed by atoms with Crippen LogP contribution < -0.4 is 5.32 Å². The Labute approximate surface area is 50.2 Å². The van der Waals surface area contributed by atoms with E-state index in [9.17, 15) is 0 Å². The smallest absolute Gasteiger partial charge is 0.114 e. The average molecular weight is 116 g/mol. The maximum absolute atomic E-state index is 5.25. The van der Waals surface area contributed by atoms with Crippen molar-refractivity contribution in [3.63, 3.8) is 0 Å². The molecule has 0 saturated carbocycles. The molecule has 8 heavy (non-hydrogen) atoms. The summed E-state index contributed by atoms with van der Waals surface area (Å²) in [7, 11) is 0. The van der Waals surface area contributed by atoms with Gasteiger partial charge in [0.05, 0.1) is 13.2 Å². The number of rotatable bonds is 0. The molecule has 0 aromatic carbocycles. The Kier molecular flexibility index (Phi) is 1.54. The van der Waals surface area contributed by atoms with E-state index in [1.807, 2.05) is 0 Å². The van der Waals surface area contributed by atoms with Gasteiger partial charge in [-0.25, -0.2) is 0 Å². The van der Waals surface area contributed by atoms with Crippen molar-refractivity contribution < 1.29 is 10.1 Å². The van der Waals surface area contributed by atoms with Crippen molar-refractivity contribution in [2.24, 2.45) is 0 Å². The molecule has 2 N–H and O–H groups in total. The van der Waals surface area contributed by atoms with Gasteiger partial charge in [-0.1, -0.05) is 0 Å². The van der Waals surface area contributed by atoms with Crippen LogP contribution in [0.15, 0.2) is 0 Å². The largest absolute Gasteiger partial charge is 0.369 e. The second-order valence-corrected chi connectivity index (χ2v) is 3.03. The molecule has 1 rings (SSSR count). The van der Waals surface area contributed by atoms with Crippen LogP contribution in [0.1, 0.15) is 13.8 Å². The summed E-state index contributed by atoms with van der Waals surface area (Å²) >= 11 is 0. The molecule has 0 radical (unpaired) electrons. The highest BCUT2D eigenvalue weighted by Gasteiger charge is 2.24. The zero-order valence-electron chi connectivity index (χ0n) is 5.61. The van der Waals surface area contributed by atoms with Crippen molar-refractivity contribution in [1.29, 1.82) is 0 Å². The van der Waals surface area contributed by atoms with Gasteiger partial charge in [0.15, 0.2) is 0 Å². The van der Waals surface area contributed by atoms with Crippen LogP contribution in [-0.4, -0.2) is 25.3 Å². The van der Waals surface area contributed by atoms with E-state index in [0.29, 0.717) is 5.54 Å². The lowest BCUT2D eigenvalue weighted by molar-refractivity contribution is -0.736. The third-order valence-corrected chi connectivity index (χ3v) is 1.43. The summed E-state index contributed by atoms with van der Waals surface area (Å²) in [5.74, 6) is 0. The second kappa shape index (κ2) is 2.03. The second-order valence-electron chi connectivity index (χ2n) is 3.03. The standard InChI is InChI=1S/C6H13NO/c1-6(2)5-8-4-3-7-6/h7H,3-5H2,1-2H3/p+1. The Bertz CT molecular complexity index is 72.6. The van der Waals surface area contributed by atoms with Crippen molar-refractivity contribution in [2.75, 3.05) is 19.8 Å². The molecule has 0 unspecified atom stereocenters. The molecule has 0 atom stereocenters. The first-order valence-corrected chi connectivity index (χ1v) is 3.13. The summed E-state index contributed by atoms with van der Waals surface area (Å²) in [6.45, 7) is 7.34. The van der Waals surface area contributed by atoms with Crippen LogP contribution in [-0.2, 0) is 4.74 Å². The van der Waals surface area contributed by atoms with Gasteiger partial charge in [-0.2, -0.15) is 0 Å². The summed E-state index contributed by atoms with van der Waals surface area (Å²) < 4.78 is 5.25. The van der Waals surface area contributed by atoms with E-state index in [1.165, 1.54) is 0 Å². The highest BCUT2D eigenvalue weighted by Crippen LogP contribution is 1.97. The topological polar surface area (TPSA) is 25.8 Å². The molecular formula is C6H14NO+. The first-order chi connectivity index (χ1) is 3.71. The first kappa shape index (κ1) is 6.05. The fourth-order valence-electron chi connectivity index (χ4n) is 0.927. The van der Waals surface area contributed by atoms with Gasteiger partial charge in [0.25, 0.3) is 0 Å². The minimum absolute atomic E-state index is 0.332. The Hall–Kier alpha value is -0.0800. The number of hydrogen-bond acceptors (Lipinski definition) is 1. The molecule has 48 valence electrons. The zero-order valence-corrected chi connectivity index (χ0v) is 5.61.